The molecule has 0 bridgehead atoms. The predicted octanol–water partition coefficient (Wildman–Crippen LogP) is 4.61. The van der Waals surface area contributed by atoms with Crippen molar-refractivity contribution in [2.75, 3.05) is 29.5 Å². The minimum Gasteiger partial charge on any atom is -0.616 e. The number of fused-ring (bicyclic) bond motifs is 1. The lowest BCUT2D eigenvalue weighted by molar-refractivity contribution is 0.444. The first-order valence-electron chi connectivity index (χ1n) is 9.19. The molecule has 1 aromatic carbocycles. The van der Waals surface area contributed by atoms with Gasteiger partial charge in [-0.1, -0.05) is 42.7 Å². The molecule has 4 rings (SSSR count). The van der Waals surface area contributed by atoms with Crippen molar-refractivity contribution in [3.05, 3.63) is 35.1 Å². The van der Waals surface area contributed by atoms with Crippen LogP contribution in [0.15, 0.2) is 24.4 Å². The highest BCUT2D eigenvalue weighted by atomic mass is 35.5. The minimum atomic E-state index is -0.634. The van der Waals surface area contributed by atoms with E-state index in [2.05, 4.69) is 35.9 Å². The second kappa shape index (κ2) is 6.98. The normalized spacial score (nSPS) is 19.5. The predicted molar refractivity (Wildman–Crippen MR) is 107 cm³/mol. The number of hydrogen-bond donors (Lipinski definition) is 0. The van der Waals surface area contributed by atoms with Gasteiger partial charge in [0.2, 0.25) is 0 Å². The van der Waals surface area contributed by atoms with Crippen LogP contribution >= 0.6 is 11.6 Å². The van der Waals surface area contributed by atoms with Crippen molar-refractivity contribution in [1.82, 2.24) is 4.98 Å². The van der Waals surface area contributed by atoms with Gasteiger partial charge in [0.15, 0.2) is 0 Å². The second-order valence-electron chi connectivity index (χ2n) is 7.87. The van der Waals surface area contributed by atoms with Crippen LogP contribution in [-0.4, -0.2) is 34.1 Å². The van der Waals surface area contributed by atoms with Crippen LogP contribution in [0.1, 0.15) is 38.2 Å². The third-order valence-electron chi connectivity index (χ3n) is 5.34. The van der Waals surface area contributed by atoms with E-state index in [1.807, 2.05) is 12.3 Å². The average Bonchev–Trinajstić information content (AvgIpc) is 3.33. The van der Waals surface area contributed by atoms with Crippen LogP contribution in [0.3, 0.4) is 0 Å². The number of benzene rings is 1. The summed E-state index contributed by atoms with van der Waals surface area (Å²) >= 11 is 5.51. The maximum atomic E-state index is 12.2. The summed E-state index contributed by atoms with van der Waals surface area (Å²) in [5.41, 5.74) is 2.54. The zero-order valence-electron chi connectivity index (χ0n) is 14.9. The van der Waals surface area contributed by atoms with Crippen LogP contribution in [0, 0.1) is 11.8 Å². The molecule has 2 aromatic rings. The zero-order valence-corrected chi connectivity index (χ0v) is 16.4. The monoisotopic (exact) mass is 376 g/mol. The Morgan fingerprint density at radius 1 is 1.20 bits per heavy atom. The van der Waals surface area contributed by atoms with Gasteiger partial charge in [-0.3, -0.25) is 0 Å². The molecule has 0 amide bonds. The van der Waals surface area contributed by atoms with Crippen LogP contribution in [0.4, 0.5) is 5.69 Å². The van der Waals surface area contributed by atoms with E-state index in [0.717, 1.165) is 30.5 Å². The molecule has 1 saturated carbocycles. The van der Waals surface area contributed by atoms with E-state index in [1.165, 1.54) is 34.9 Å². The fourth-order valence-electron chi connectivity index (χ4n) is 3.75. The first kappa shape index (κ1) is 17.4. The molecule has 0 spiro atoms. The number of nitrogens with zero attached hydrogens (tertiary/aromatic N) is 2. The molecule has 1 aromatic heterocycles. The van der Waals surface area contributed by atoms with Crippen LogP contribution in [-0.2, 0) is 11.2 Å². The molecular formula is C20H25ClN2OS. The van der Waals surface area contributed by atoms with E-state index >= 15 is 0 Å². The minimum absolute atomic E-state index is 0.448. The van der Waals surface area contributed by atoms with Crippen molar-refractivity contribution in [2.24, 2.45) is 11.8 Å². The Kier molecular flexibility index (Phi) is 4.87. The Hall–Kier alpha value is -0.970. The molecule has 2 fully saturated rings. The third kappa shape index (κ3) is 3.76. The standard InChI is InChI=1S/C20H25ClN2OS/c1-13(2)16-5-6-19(18-8-22-20(21)7-17(16)18)23-9-15(10-23)12-25(24)11-14-3-4-14/h5-8,13-15H,3-4,9-12H2,1-2H3/t25-/m1/s1. The number of hydrogen-bond acceptors (Lipinski definition) is 3. The number of anilines is 1. The summed E-state index contributed by atoms with van der Waals surface area (Å²) in [6.45, 7) is 6.40. The van der Waals surface area contributed by atoms with Gasteiger partial charge in [-0.15, -0.1) is 0 Å². The van der Waals surface area contributed by atoms with Gasteiger partial charge in [0.05, 0.1) is 0 Å². The fourth-order valence-corrected chi connectivity index (χ4v) is 5.64. The Morgan fingerprint density at radius 3 is 2.60 bits per heavy atom. The average molecular weight is 377 g/mol. The molecule has 2 heterocycles. The lowest BCUT2D eigenvalue weighted by atomic mass is 9.94. The highest BCUT2D eigenvalue weighted by molar-refractivity contribution is 7.91. The molecular weight excluding hydrogens is 352 g/mol. The number of pyridine rings is 1. The molecule has 0 radical (unpaired) electrons. The quantitative estimate of drug-likeness (QED) is 0.546. The van der Waals surface area contributed by atoms with Crippen molar-refractivity contribution in [3.8, 4) is 0 Å². The van der Waals surface area contributed by atoms with Gasteiger partial charge in [-0.25, -0.2) is 4.98 Å². The van der Waals surface area contributed by atoms with Gasteiger partial charge < -0.3 is 9.45 Å². The molecule has 25 heavy (non-hydrogen) atoms. The molecule has 1 atom stereocenters. The maximum absolute atomic E-state index is 12.2. The van der Waals surface area contributed by atoms with Crippen LogP contribution in [0.5, 0.6) is 0 Å². The number of aromatic nitrogens is 1. The summed E-state index contributed by atoms with van der Waals surface area (Å²) in [4.78, 5) is 6.70. The van der Waals surface area contributed by atoms with Crippen molar-refractivity contribution >= 4 is 39.2 Å². The van der Waals surface area contributed by atoms with Gasteiger partial charge in [0.1, 0.15) is 16.7 Å². The molecule has 1 aliphatic heterocycles. The summed E-state index contributed by atoms with van der Waals surface area (Å²) in [6, 6.07) is 6.42. The molecule has 2 aliphatic rings. The molecule has 0 unspecified atom stereocenters. The smallest absolute Gasteiger partial charge is 0.129 e. The van der Waals surface area contributed by atoms with Crippen LogP contribution in [0.2, 0.25) is 5.15 Å². The first-order valence-corrected chi connectivity index (χ1v) is 11.1. The first-order chi connectivity index (χ1) is 12.0. The lowest BCUT2D eigenvalue weighted by Crippen LogP contribution is -2.50. The van der Waals surface area contributed by atoms with Crippen molar-refractivity contribution in [3.63, 3.8) is 0 Å². The number of halogens is 1. The Labute approximate surface area is 157 Å². The van der Waals surface area contributed by atoms with E-state index in [9.17, 15) is 4.55 Å². The fraction of sp³-hybridized carbons (Fsp3) is 0.550. The van der Waals surface area contributed by atoms with Gasteiger partial charge in [-0.2, -0.15) is 0 Å². The molecule has 5 heteroatoms. The Bertz CT molecular complexity index is 772. The van der Waals surface area contributed by atoms with Crippen molar-refractivity contribution < 1.29 is 4.55 Å². The third-order valence-corrected chi connectivity index (χ3v) is 7.23. The summed E-state index contributed by atoms with van der Waals surface area (Å²) < 4.78 is 12.2. The molecule has 0 N–H and O–H groups in total. The van der Waals surface area contributed by atoms with Gasteiger partial charge in [-0.05, 0) is 41.8 Å². The van der Waals surface area contributed by atoms with E-state index in [-0.39, 0.29) is 0 Å². The van der Waals surface area contributed by atoms with Gasteiger partial charge in [0.25, 0.3) is 0 Å². The largest absolute Gasteiger partial charge is 0.616 e. The highest BCUT2D eigenvalue weighted by Gasteiger charge is 2.34. The maximum Gasteiger partial charge on any atom is 0.129 e. The van der Waals surface area contributed by atoms with Crippen LogP contribution < -0.4 is 4.90 Å². The van der Waals surface area contributed by atoms with Crippen molar-refractivity contribution in [2.45, 2.75) is 32.6 Å². The van der Waals surface area contributed by atoms with Crippen LogP contribution in [0.25, 0.3) is 10.8 Å². The van der Waals surface area contributed by atoms with Crippen molar-refractivity contribution in [1.29, 1.82) is 0 Å². The van der Waals surface area contributed by atoms with Gasteiger partial charge in [0, 0.05) is 42.2 Å². The lowest BCUT2D eigenvalue weighted by Gasteiger charge is -2.41. The van der Waals surface area contributed by atoms with Gasteiger partial charge >= 0.3 is 0 Å². The summed E-state index contributed by atoms with van der Waals surface area (Å²) in [7, 11) is 0. The zero-order chi connectivity index (χ0) is 17.6. The summed E-state index contributed by atoms with van der Waals surface area (Å²) in [6.07, 6.45) is 4.47. The van der Waals surface area contributed by atoms with E-state index in [4.69, 9.17) is 11.6 Å². The number of rotatable bonds is 6. The van der Waals surface area contributed by atoms with E-state index < -0.39 is 11.2 Å². The molecule has 1 aliphatic carbocycles. The molecule has 3 nitrogen and oxygen atoms in total. The van der Waals surface area contributed by atoms with E-state index in [0.29, 0.717) is 17.0 Å². The topological polar surface area (TPSA) is 39.2 Å². The highest BCUT2D eigenvalue weighted by Crippen LogP contribution is 2.37. The summed E-state index contributed by atoms with van der Waals surface area (Å²) in [5.74, 6) is 3.54. The second-order valence-corrected chi connectivity index (χ2v) is 9.80. The molecule has 1 saturated heterocycles. The Balaban J connectivity index is 1.50. The van der Waals surface area contributed by atoms with E-state index in [1.54, 1.807) is 0 Å². The SMILES string of the molecule is CC(C)c1ccc(N2CC(C[S@+]([O-])CC3CC3)C2)c2cnc(Cl)cc12. The molecule has 134 valence electrons. The Morgan fingerprint density at radius 2 is 1.92 bits per heavy atom. The summed E-state index contributed by atoms with van der Waals surface area (Å²) in [5, 5.41) is 2.92.